The first-order valence-electron chi connectivity index (χ1n) is 12.2. The molecule has 4 saturated carbocycles. The summed E-state index contributed by atoms with van der Waals surface area (Å²) in [7, 11) is 0. The van der Waals surface area contributed by atoms with Gasteiger partial charge in [0.1, 0.15) is 6.10 Å². The molecule has 0 bridgehead atoms. The number of hydrogen-bond acceptors (Lipinski definition) is 4. The van der Waals surface area contributed by atoms with Gasteiger partial charge in [0.25, 0.3) is 0 Å². The second-order valence-electron chi connectivity index (χ2n) is 11.8. The number of ether oxygens (including phenoxy) is 2. The van der Waals surface area contributed by atoms with Crippen molar-refractivity contribution in [2.45, 2.75) is 104 Å². The molecule has 1 heterocycles. The van der Waals surface area contributed by atoms with Crippen molar-refractivity contribution < 1.29 is 19.4 Å². The monoisotopic (exact) mass is 404 g/mol. The highest BCUT2D eigenvalue weighted by Gasteiger charge is 2.67. The second kappa shape index (κ2) is 6.69. The lowest BCUT2D eigenvalue weighted by atomic mass is 9.42. The van der Waals surface area contributed by atoms with E-state index >= 15 is 0 Å². The molecule has 29 heavy (non-hydrogen) atoms. The van der Waals surface area contributed by atoms with E-state index in [1.54, 1.807) is 6.92 Å². The van der Waals surface area contributed by atoms with Crippen molar-refractivity contribution in [2.75, 3.05) is 0 Å². The molecule has 0 aromatic heterocycles. The summed E-state index contributed by atoms with van der Waals surface area (Å²) in [6.07, 6.45) is 8.51. The fourth-order valence-electron chi connectivity index (χ4n) is 9.19. The highest BCUT2D eigenvalue weighted by Crippen LogP contribution is 2.69. The maximum atomic E-state index is 11.9. The summed E-state index contributed by atoms with van der Waals surface area (Å²) >= 11 is 0. The van der Waals surface area contributed by atoms with Gasteiger partial charge in [-0.3, -0.25) is 4.79 Å². The summed E-state index contributed by atoms with van der Waals surface area (Å²) < 4.78 is 12.0. The minimum absolute atomic E-state index is 0.0449. The summed E-state index contributed by atoms with van der Waals surface area (Å²) in [5, 5.41) is 10.4. The average Bonchev–Trinajstić information content (AvgIpc) is 3.29. The fourth-order valence-corrected chi connectivity index (χ4v) is 9.19. The van der Waals surface area contributed by atoms with Crippen molar-refractivity contribution >= 4 is 5.97 Å². The van der Waals surface area contributed by atoms with Gasteiger partial charge >= 0.3 is 5.97 Å². The summed E-state index contributed by atoms with van der Waals surface area (Å²) in [6, 6.07) is 0. The first-order chi connectivity index (χ1) is 13.7. The van der Waals surface area contributed by atoms with Crippen molar-refractivity contribution in [1.82, 2.24) is 0 Å². The van der Waals surface area contributed by atoms with Gasteiger partial charge in [-0.05, 0) is 92.8 Å². The molecule has 2 unspecified atom stereocenters. The van der Waals surface area contributed by atoms with Crippen LogP contribution < -0.4 is 0 Å². The van der Waals surface area contributed by atoms with E-state index in [9.17, 15) is 9.90 Å². The average molecular weight is 405 g/mol. The Morgan fingerprint density at radius 1 is 1.07 bits per heavy atom. The molecule has 4 heteroatoms. The number of epoxide rings is 1. The van der Waals surface area contributed by atoms with E-state index < -0.39 is 0 Å². The Balaban J connectivity index is 1.49. The van der Waals surface area contributed by atoms with Crippen molar-refractivity contribution in [2.24, 2.45) is 46.3 Å². The lowest BCUT2D eigenvalue weighted by Gasteiger charge is -2.63. The van der Waals surface area contributed by atoms with Crippen LogP contribution in [0.25, 0.3) is 0 Å². The number of rotatable bonds is 2. The van der Waals surface area contributed by atoms with Crippen LogP contribution >= 0.6 is 0 Å². The third kappa shape index (κ3) is 2.87. The van der Waals surface area contributed by atoms with Crippen molar-refractivity contribution in [1.29, 1.82) is 0 Å². The van der Waals surface area contributed by atoms with Crippen LogP contribution in [-0.4, -0.2) is 35.5 Å². The van der Waals surface area contributed by atoms with Crippen LogP contribution in [0, 0.1) is 46.3 Å². The number of hydrogen-bond donors (Lipinski definition) is 1. The van der Waals surface area contributed by atoms with Crippen LogP contribution in [0.4, 0.5) is 0 Å². The summed E-state index contributed by atoms with van der Waals surface area (Å²) in [4.78, 5) is 11.9. The molecule has 0 spiro atoms. The predicted octanol–water partition coefficient (Wildman–Crippen LogP) is 4.58. The lowest BCUT2D eigenvalue weighted by molar-refractivity contribution is -0.173. The van der Waals surface area contributed by atoms with Crippen LogP contribution in [0.2, 0.25) is 0 Å². The normalized spacial score (nSPS) is 58.7. The van der Waals surface area contributed by atoms with E-state index in [1.165, 1.54) is 19.3 Å². The number of fused-ring (bicyclic) bond motifs is 5. The largest absolute Gasteiger partial charge is 0.462 e. The van der Waals surface area contributed by atoms with Gasteiger partial charge in [0.05, 0.1) is 18.3 Å². The molecule has 1 aliphatic heterocycles. The standard InChI is InChI=1S/C25H40O4/c1-13-10-17(27)11-16-6-7-18-20(25(13,16)5)8-9-24(4)21(29-15(3)26)12-19(22(18)24)23-14(2)28-23/h13-14,16-23,27H,6-12H2,1-5H3/t13-,14?,16-,17+,18+,19+,20-,21-,22+,23?,24+,25-/m0/s1. The zero-order valence-electron chi connectivity index (χ0n) is 18.9. The van der Waals surface area contributed by atoms with E-state index in [0.717, 1.165) is 31.6 Å². The highest BCUT2D eigenvalue weighted by molar-refractivity contribution is 5.66. The third-order valence-corrected chi connectivity index (χ3v) is 10.7. The molecule has 5 aliphatic rings. The predicted molar refractivity (Wildman–Crippen MR) is 111 cm³/mol. The lowest BCUT2D eigenvalue weighted by Crippen LogP contribution is -2.58. The fraction of sp³-hybridized carbons (Fsp3) is 0.960. The minimum atomic E-state index is -0.131. The number of aliphatic hydroxyl groups excluding tert-OH is 1. The Morgan fingerprint density at radius 3 is 2.45 bits per heavy atom. The Kier molecular flexibility index (Phi) is 4.68. The van der Waals surface area contributed by atoms with Crippen LogP contribution in [0.1, 0.15) is 79.6 Å². The molecule has 0 radical (unpaired) electrons. The first-order valence-corrected chi connectivity index (χ1v) is 12.2. The number of aliphatic hydroxyl groups is 1. The molecular weight excluding hydrogens is 364 g/mol. The highest BCUT2D eigenvalue weighted by atomic mass is 16.6. The maximum absolute atomic E-state index is 11.9. The second-order valence-corrected chi connectivity index (χ2v) is 11.8. The number of carbonyl (C=O) groups excluding carboxylic acids is 1. The van der Waals surface area contributed by atoms with E-state index in [0.29, 0.717) is 47.2 Å². The van der Waals surface area contributed by atoms with Gasteiger partial charge in [0.2, 0.25) is 0 Å². The Bertz CT molecular complexity index is 678. The Labute approximate surface area is 176 Å². The van der Waals surface area contributed by atoms with Crippen LogP contribution in [0.15, 0.2) is 0 Å². The molecule has 5 rings (SSSR count). The van der Waals surface area contributed by atoms with Crippen LogP contribution in [-0.2, 0) is 14.3 Å². The molecule has 4 nitrogen and oxygen atoms in total. The van der Waals surface area contributed by atoms with Crippen molar-refractivity contribution in [3.63, 3.8) is 0 Å². The Morgan fingerprint density at radius 2 is 1.79 bits per heavy atom. The molecule has 0 aromatic rings. The third-order valence-electron chi connectivity index (χ3n) is 10.7. The van der Waals surface area contributed by atoms with Gasteiger partial charge in [0, 0.05) is 12.3 Å². The zero-order valence-corrected chi connectivity index (χ0v) is 18.9. The topological polar surface area (TPSA) is 59.1 Å². The van der Waals surface area contributed by atoms with E-state index in [2.05, 4.69) is 27.7 Å². The summed E-state index contributed by atoms with van der Waals surface area (Å²) in [5.41, 5.74) is 0.424. The molecule has 164 valence electrons. The number of esters is 1. The smallest absolute Gasteiger partial charge is 0.302 e. The van der Waals surface area contributed by atoms with Gasteiger partial charge in [-0.15, -0.1) is 0 Å². The molecule has 1 saturated heterocycles. The molecule has 1 N–H and O–H groups in total. The maximum Gasteiger partial charge on any atom is 0.302 e. The van der Waals surface area contributed by atoms with E-state index in [-0.39, 0.29) is 23.6 Å². The van der Waals surface area contributed by atoms with E-state index in [1.807, 2.05) is 0 Å². The summed E-state index contributed by atoms with van der Waals surface area (Å²) in [5.74, 6) is 3.66. The van der Waals surface area contributed by atoms with Crippen LogP contribution in [0.3, 0.4) is 0 Å². The summed E-state index contributed by atoms with van der Waals surface area (Å²) in [6.45, 7) is 11.1. The van der Waals surface area contributed by atoms with Crippen LogP contribution in [0.5, 0.6) is 0 Å². The van der Waals surface area contributed by atoms with Gasteiger partial charge in [0.15, 0.2) is 0 Å². The zero-order chi connectivity index (χ0) is 20.7. The molecule has 12 atom stereocenters. The Hall–Kier alpha value is -0.610. The quantitative estimate of drug-likeness (QED) is 0.540. The van der Waals surface area contributed by atoms with E-state index in [4.69, 9.17) is 9.47 Å². The molecule has 0 aromatic carbocycles. The van der Waals surface area contributed by atoms with Gasteiger partial charge in [-0.2, -0.15) is 0 Å². The van der Waals surface area contributed by atoms with Crippen molar-refractivity contribution in [3.8, 4) is 0 Å². The minimum Gasteiger partial charge on any atom is -0.462 e. The molecule has 0 amide bonds. The molecular formula is C25H40O4. The first kappa shape index (κ1) is 20.3. The van der Waals surface area contributed by atoms with Gasteiger partial charge in [-0.1, -0.05) is 20.8 Å². The molecule has 4 aliphatic carbocycles. The SMILES string of the molecule is CC(=O)O[C@H]1C[C@@H](C2OC2C)[C@H]2[C@@H]3CC[C@H]4C[C@H](O)C[C@H](C)[C@]4(C)[C@H]3CC[C@@]21C. The van der Waals surface area contributed by atoms with Gasteiger partial charge < -0.3 is 14.6 Å². The number of carbonyl (C=O) groups is 1. The van der Waals surface area contributed by atoms with Crippen molar-refractivity contribution in [3.05, 3.63) is 0 Å². The van der Waals surface area contributed by atoms with Gasteiger partial charge in [-0.25, -0.2) is 0 Å². The molecule has 5 fully saturated rings.